The van der Waals surface area contributed by atoms with Gasteiger partial charge in [0.1, 0.15) is 10.6 Å². The highest BCUT2D eigenvalue weighted by atomic mass is 35.5. The van der Waals surface area contributed by atoms with E-state index in [0.717, 1.165) is 0 Å². The van der Waals surface area contributed by atoms with E-state index in [2.05, 4.69) is 14.9 Å². The largest absolute Gasteiger partial charge is 0.390 e. The molecule has 3 N–H and O–H groups in total. The molecule has 1 atom stereocenters. The number of rotatable bonds is 5. The molecule has 1 unspecified atom stereocenters. The third kappa shape index (κ3) is 3.26. The molecule has 1 aromatic carbocycles. The van der Waals surface area contributed by atoms with Gasteiger partial charge in [-0.25, -0.2) is 13.1 Å². The average Bonchev–Trinajstić information content (AvgIpc) is 2.80. The number of nitrogens with one attached hydrogen (secondary N) is 2. The molecule has 2 aromatic rings. The van der Waals surface area contributed by atoms with Crippen LogP contribution in [0.15, 0.2) is 29.2 Å². The Labute approximate surface area is 128 Å². The fraction of sp³-hybridized carbons (Fsp3) is 0.308. The summed E-state index contributed by atoms with van der Waals surface area (Å²) in [5.74, 6) is 0. The number of nitrogens with zero attached hydrogens (tertiary/aromatic N) is 1. The molecule has 0 fully saturated rings. The molecule has 21 heavy (non-hydrogen) atoms. The fourth-order valence-electron chi connectivity index (χ4n) is 2.11. The SMILES string of the molecule is Cc1[nH]nc(CO)c1S(=O)(=O)NC(C)c1ccccc1Cl. The topological polar surface area (TPSA) is 95.1 Å². The first-order valence-corrected chi connectivity index (χ1v) is 8.14. The molecule has 1 aromatic heterocycles. The van der Waals surface area contributed by atoms with Crippen LogP contribution < -0.4 is 4.72 Å². The molecule has 1 heterocycles. The third-order valence-corrected chi connectivity index (χ3v) is 5.17. The maximum absolute atomic E-state index is 12.5. The summed E-state index contributed by atoms with van der Waals surface area (Å²) in [6.07, 6.45) is 0. The lowest BCUT2D eigenvalue weighted by Gasteiger charge is -2.16. The highest BCUT2D eigenvalue weighted by molar-refractivity contribution is 7.89. The van der Waals surface area contributed by atoms with Crippen LogP contribution in [-0.2, 0) is 16.6 Å². The summed E-state index contributed by atoms with van der Waals surface area (Å²) in [4.78, 5) is -0.0242. The van der Waals surface area contributed by atoms with Crippen molar-refractivity contribution in [2.24, 2.45) is 0 Å². The number of aliphatic hydroxyl groups excluding tert-OH is 1. The van der Waals surface area contributed by atoms with Gasteiger partial charge in [0.25, 0.3) is 0 Å². The van der Waals surface area contributed by atoms with Crippen LogP contribution in [0.25, 0.3) is 0 Å². The minimum Gasteiger partial charge on any atom is -0.390 e. The smallest absolute Gasteiger partial charge is 0.244 e. The van der Waals surface area contributed by atoms with E-state index in [1.807, 2.05) is 0 Å². The summed E-state index contributed by atoms with van der Waals surface area (Å²) in [5, 5.41) is 16.0. The molecule has 2 rings (SSSR count). The summed E-state index contributed by atoms with van der Waals surface area (Å²) < 4.78 is 27.5. The Balaban J connectivity index is 2.34. The van der Waals surface area contributed by atoms with Crippen molar-refractivity contribution < 1.29 is 13.5 Å². The number of hydrogen-bond acceptors (Lipinski definition) is 4. The predicted octanol–water partition coefficient (Wildman–Crippen LogP) is 1.90. The van der Waals surface area contributed by atoms with Crippen LogP contribution in [0.1, 0.15) is 29.9 Å². The van der Waals surface area contributed by atoms with Gasteiger partial charge in [-0.2, -0.15) is 5.10 Å². The summed E-state index contributed by atoms with van der Waals surface area (Å²) >= 11 is 6.07. The van der Waals surface area contributed by atoms with Crippen LogP contribution in [0.4, 0.5) is 0 Å². The van der Waals surface area contributed by atoms with Gasteiger partial charge in [-0.15, -0.1) is 0 Å². The lowest BCUT2D eigenvalue weighted by molar-refractivity contribution is 0.273. The third-order valence-electron chi connectivity index (χ3n) is 3.08. The van der Waals surface area contributed by atoms with Gasteiger partial charge in [0.05, 0.1) is 12.3 Å². The van der Waals surface area contributed by atoms with Crippen molar-refractivity contribution in [2.45, 2.75) is 31.4 Å². The van der Waals surface area contributed by atoms with Crippen molar-refractivity contribution in [3.05, 3.63) is 46.2 Å². The zero-order chi connectivity index (χ0) is 15.6. The zero-order valence-electron chi connectivity index (χ0n) is 11.6. The van der Waals surface area contributed by atoms with Crippen LogP contribution in [0.5, 0.6) is 0 Å². The molecular weight excluding hydrogens is 314 g/mol. The first-order valence-electron chi connectivity index (χ1n) is 6.28. The summed E-state index contributed by atoms with van der Waals surface area (Å²) in [6, 6.07) is 6.50. The molecule has 0 saturated heterocycles. The molecule has 0 aliphatic rings. The predicted molar refractivity (Wildman–Crippen MR) is 79.4 cm³/mol. The molecule has 0 aliphatic heterocycles. The number of aryl methyl sites for hydroxylation is 1. The van der Waals surface area contributed by atoms with Crippen molar-refractivity contribution in [2.75, 3.05) is 0 Å². The molecule has 0 aliphatic carbocycles. The molecule has 0 spiro atoms. The van der Waals surface area contributed by atoms with Crippen molar-refractivity contribution in [1.29, 1.82) is 0 Å². The van der Waals surface area contributed by atoms with Crippen LogP contribution >= 0.6 is 11.6 Å². The Hall–Kier alpha value is -1.41. The van der Waals surface area contributed by atoms with Crippen LogP contribution in [0.3, 0.4) is 0 Å². The van der Waals surface area contributed by atoms with Crippen molar-refractivity contribution >= 4 is 21.6 Å². The molecule has 6 nitrogen and oxygen atoms in total. The first-order chi connectivity index (χ1) is 9.86. The monoisotopic (exact) mass is 329 g/mol. The van der Waals surface area contributed by atoms with Gasteiger partial charge in [-0.3, -0.25) is 5.10 Å². The standard InChI is InChI=1S/C13H16ClN3O3S/c1-8(10-5-3-4-6-11(10)14)17-21(19,20)13-9(2)15-16-12(13)7-18/h3-6,8,17-18H,7H2,1-2H3,(H,15,16). The van der Waals surface area contributed by atoms with Crippen molar-refractivity contribution in [3.8, 4) is 0 Å². The van der Waals surface area contributed by atoms with E-state index in [-0.39, 0.29) is 10.6 Å². The van der Waals surface area contributed by atoms with E-state index in [1.54, 1.807) is 38.1 Å². The van der Waals surface area contributed by atoms with Crippen LogP contribution in [0, 0.1) is 6.92 Å². The van der Waals surface area contributed by atoms with E-state index >= 15 is 0 Å². The fourth-order valence-corrected chi connectivity index (χ4v) is 3.99. The van der Waals surface area contributed by atoms with Gasteiger partial charge >= 0.3 is 0 Å². The number of halogens is 1. The summed E-state index contributed by atoms with van der Waals surface area (Å²) in [6.45, 7) is 2.83. The van der Waals surface area contributed by atoms with Crippen LogP contribution in [0.2, 0.25) is 5.02 Å². The quantitative estimate of drug-likeness (QED) is 0.780. The van der Waals surface area contributed by atoms with Gasteiger partial charge in [-0.05, 0) is 25.5 Å². The number of sulfonamides is 1. The number of aromatic nitrogens is 2. The van der Waals surface area contributed by atoms with E-state index in [9.17, 15) is 13.5 Å². The van der Waals surface area contributed by atoms with Crippen molar-refractivity contribution in [1.82, 2.24) is 14.9 Å². The van der Waals surface area contributed by atoms with Gasteiger partial charge in [0, 0.05) is 11.1 Å². The molecule has 0 saturated carbocycles. The molecule has 114 valence electrons. The Morgan fingerprint density at radius 3 is 2.71 bits per heavy atom. The molecule has 0 amide bonds. The van der Waals surface area contributed by atoms with E-state index in [1.165, 1.54) is 0 Å². The lowest BCUT2D eigenvalue weighted by atomic mass is 10.1. The zero-order valence-corrected chi connectivity index (χ0v) is 13.2. The molecule has 8 heteroatoms. The van der Waals surface area contributed by atoms with Crippen LogP contribution in [-0.4, -0.2) is 23.7 Å². The number of aliphatic hydroxyl groups is 1. The van der Waals surface area contributed by atoms with Gasteiger partial charge in [0.2, 0.25) is 10.0 Å². The summed E-state index contributed by atoms with van der Waals surface area (Å²) in [7, 11) is -3.82. The lowest BCUT2D eigenvalue weighted by Crippen LogP contribution is -2.28. The Kier molecular flexibility index (Phi) is 4.67. The Morgan fingerprint density at radius 1 is 1.43 bits per heavy atom. The van der Waals surface area contributed by atoms with Gasteiger partial charge in [0.15, 0.2) is 0 Å². The summed E-state index contributed by atoms with van der Waals surface area (Å²) in [5.41, 5.74) is 1.14. The second-order valence-corrected chi connectivity index (χ2v) is 6.71. The maximum Gasteiger partial charge on any atom is 0.244 e. The van der Waals surface area contributed by atoms with Gasteiger partial charge in [-0.1, -0.05) is 29.8 Å². The van der Waals surface area contributed by atoms with E-state index < -0.39 is 22.7 Å². The minimum absolute atomic E-state index is 0.0242. The maximum atomic E-state index is 12.5. The highest BCUT2D eigenvalue weighted by Crippen LogP contribution is 2.25. The Morgan fingerprint density at radius 2 is 2.10 bits per heavy atom. The highest BCUT2D eigenvalue weighted by Gasteiger charge is 2.26. The number of H-pyrrole nitrogens is 1. The van der Waals surface area contributed by atoms with E-state index in [0.29, 0.717) is 16.3 Å². The van der Waals surface area contributed by atoms with Crippen molar-refractivity contribution in [3.63, 3.8) is 0 Å². The Bertz CT molecular complexity index is 743. The number of hydrogen-bond donors (Lipinski definition) is 3. The average molecular weight is 330 g/mol. The molecule has 0 radical (unpaired) electrons. The number of benzene rings is 1. The molecule has 0 bridgehead atoms. The first kappa shape index (κ1) is 16.0. The normalized spacial score (nSPS) is 13.3. The van der Waals surface area contributed by atoms with E-state index in [4.69, 9.17) is 11.6 Å². The second kappa shape index (κ2) is 6.15. The minimum atomic E-state index is -3.82. The van der Waals surface area contributed by atoms with Gasteiger partial charge < -0.3 is 5.11 Å². The number of aromatic amines is 1. The second-order valence-electron chi connectivity index (χ2n) is 4.65. The molecular formula is C13H16ClN3O3S.